The van der Waals surface area contributed by atoms with Crippen molar-refractivity contribution in [3.8, 4) is 0 Å². The molecule has 1 aromatic heterocycles. The summed E-state index contributed by atoms with van der Waals surface area (Å²) in [6.45, 7) is 4.01. The van der Waals surface area contributed by atoms with Gasteiger partial charge >= 0.3 is 0 Å². The van der Waals surface area contributed by atoms with Crippen molar-refractivity contribution >= 4 is 17.4 Å². The zero-order chi connectivity index (χ0) is 17.6. The van der Waals surface area contributed by atoms with Crippen molar-refractivity contribution in [2.24, 2.45) is 0 Å². The Kier molecular flexibility index (Phi) is 5.64. The summed E-state index contributed by atoms with van der Waals surface area (Å²) < 4.78 is 0. The molecule has 1 fully saturated rings. The fourth-order valence-corrected chi connectivity index (χ4v) is 3.29. The summed E-state index contributed by atoms with van der Waals surface area (Å²) in [4.78, 5) is 21.0. The van der Waals surface area contributed by atoms with E-state index in [0.29, 0.717) is 11.7 Å². The molecule has 1 aliphatic rings. The van der Waals surface area contributed by atoms with Crippen molar-refractivity contribution in [3.05, 3.63) is 47.4 Å². The minimum atomic E-state index is -0.236. The van der Waals surface area contributed by atoms with Crippen molar-refractivity contribution in [3.63, 3.8) is 0 Å². The normalized spacial score (nSPS) is 15.4. The molecule has 2 aromatic rings. The predicted octanol–water partition coefficient (Wildman–Crippen LogP) is 4.48. The minimum Gasteiger partial charge on any atom is -0.366 e. The third kappa shape index (κ3) is 4.78. The van der Waals surface area contributed by atoms with Crippen LogP contribution in [-0.4, -0.2) is 21.9 Å². The molecule has 0 bridgehead atoms. The van der Waals surface area contributed by atoms with Gasteiger partial charge in [0.15, 0.2) is 0 Å². The highest BCUT2D eigenvalue weighted by molar-refractivity contribution is 6.03. The lowest BCUT2D eigenvalue weighted by molar-refractivity contribution is 0.102. The largest absolute Gasteiger partial charge is 0.366 e. The summed E-state index contributed by atoms with van der Waals surface area (Å²) in [7, 11) is 0. The van der Waals surface area contributed by atoms with Crippen LogP contribution >= 0.6 is 0 Å². The highest BCUT2D eigenvalue weighted by atomic mass is 16.1. The standard InChI is InChI=1S/C20H26N4O/c1-14-9-10-17(15(2)11-14)24-20(25)18-12-22-19(13-21-18)23-16-7-5-3-4-6-8-16/h9-13,16H,3-8H2,1-2H3,(H,22,23)(H,24,25). The van der Waals surface area contributed by atoms with Crippen LogP contribution in [0.3, 0.4) is 0 Å². The van der Waals surface area contributed by atoms with Gasteiger partial charge in [0.25, 0.3) is 5.91 Å². The van der Waals surface area contributed by atoms with E-state index >= 15 is 0 Å². The first kappa shape index (κ1) is 17.4. The van der Waals surface area contributed by atoms with Gasteiger partial charge in [-0.3, -0.25) is 4.79 Å². The van der Waals surface area contributed by atoms with Crippen LogP contribution in [0.5, 0.6) is 0 Å². The van der Waals surface area contributed by atoms with Gasteiger partial charge in [-0.2, -0.15) is 0 Å². The van der Waals surface area contributed by atoms with E-state index in [9.17, 15) is 4.79 Å². The highest BCUT2D eigenvalue weighted by Gasteiger charge is 2.14. The number of amides is 1. The van der Waals surface area contributed by atoms with Gasteiger partial charge in [-0.1, -0.05) is 43.4 Å². The summed E-state index contributed by atoms with van der Waals surface area (Å²) in [5.41, 5.74) is 3.33. The Morgan fingerprint density at radius 2 is 1.80 bits per heavy atom. The number of carbonyl (C=O) groups is 1. The lowest BCUT2D eigenvalue weighted by Gasteiger charge is -2.16. The number of anilines is 2. The van der Waals surface area contributed by atoms with Gasteiger partial charge in [-0.15, -0.1) is 0 Å². The van der Waals surface area contributed by atoms with Gasteiger partial charge in [-0.25, -0.2) is 9.97 Å². The molecule has 0 saturated heterocycles. The Balaban J connectivity index is 1.62. The zero-order valence-electron chi connectivity index (χ0n) is 15.0. The molecule has 0 aliphatic heterocycles. The summed E-state index contributed by atoms with van der Waals surface area (Å²) >= 11 is 0. The molecule has 0 spiro atoms. The first-order valence-corrected chi connectivity index (χ1v) is 9.09. The van der Waals surface area contributed by atoms with Crippen LogP contribution < -0.4 is 10.6 Å². The number of rotatable bonds is 4. The number of aryl methyl sites for hydroxylation is 2. The zero-order valence-corrected chi connectivity index (χ0v) is 15.0. The maximum absolute atomic E-state index is 12.4. The van der Waals surface area contributed by atoms with E-state index in [4.69, 9.17) is 0 Å². The molecule has 0 unspecified atom stereocenters. The fourth-order valence-electron chi connectivity index (χ4n) is 3.29. The summed E-state index contributed by atoms with van der Waals surface area (Å²) in [5.74, 6) is 0.510. The molecule has 0 radical (unpaired) electrons. The second kappa shape index (κ2) is 8.10. The molecule has 5 nitrogen and oxygen atoms in total. The molecule has 1 amide bonds. The molecular weight excluding hydrogens is 312 g/mol. The van der Waals surface area contributed by atoms with Gasteiger partial charge in [0.05, 0.1) is 12.4 Å². The monoisotopic (exact) mass is 338 g/mol. The maximum atomic E-state index is 12.4. The SMILES string of the molecule is Cc1ccc(NC(=O)c2cnc(NC3CCCCCC3)cn2)c(C)c1. The number of nitrogens with zero attached hydrogens (tertiary/aromatic N) is 2. The second-order valence-corrected chi connectivity index (χ2v) is 6.89. The van der Waals surface area contributed by atoms with E-state index in [0.717, 1.165) is 17.1 Å². The van der Waals surface area contributed by atoms with Gasteiger partial charge in [-0.05, 0) is 38.3 Å². The third-order valence-corrected chi connectivity index (χ3v) is 4.72. The smallest absolute Gasteiger partial charge is 0.275 e. The summed E-state index contributed by atoms with van der Waals surface area (Å²) in [6.07, 6.45) is 10.7. The van der Waals surface area contributed by atoms with Gasteiger partial charge < -0.3 is 10.6 Å². The molecule has 1 heterocycles. The van der Waals surface area contributed by atoms with Crippen molar-refractivity contribution in [2.75, 3.05) is 10.6 Å². The molecule has 5 heteroatoms. The van der Waals surface area contributed by atoms with Gasteiger partial charge in [0, 0.05) is 11.7 Å². The number of nitrogens with one attached hydrogen (secondary N) is 2. The van der Waals surface area contributed by atoms with E-state index in [-0.39, 0.29) is 5.91 Å². The van der Waals surface area contributed by atoms with E-state index < -0.39 is 0 Å². The van der Waals surface area contributed by atoms with Crippen LogP contribution in [0.15, 0.2) is 30.6 Å². The average Bonchev–Trinajstić information content (AvgIpc) is 2.87. The molecule has 1 aromatic carbocycles. The average molecular weight is 338 g/mol. The first-order chi connectivity index (χ1) is 12.1. The van der Waals surface area contributed by atoms with E-state index in [1.165, 1.54) is 50.3 Å². The van der Waals surface area contributed by atoms with Crippen molar-refractivity contribution in [1.82, 2.24) is 9.97 Å². The first-order valence-electron chi connectivity index (χ1n) is 9.09. The van der Waals surface area contributed by atoms with Crippen molar-refractivity contribution in [2.45, 2.75) is 58.4 Å². The molecule has 0 atom stereocenters. The summed E-state index contributed by atoms with van der Waals surface area (Å²) in [6, 6.07) is 6.40. The van der Waals surface area contributed by atoms with Crippen LogP contribution in [0.25, 0.3) is 0 Å². The Bertz CT molecular complexity index is 719. The van der Waals surface area contributed by atoms with Crippen LogP contribution in [0.4, 0.5) is 11.5 Å². The molecule has 1 saturated carbocycles. The molecule has 1 aliphatic carbocycles. The number of hydrogen-bond acceptors (Lipinski definition) is 4. The van der Waals surface area contributed by atoms with Crippen LogP contribution in [0.1, 0.15) is 60.1 Å². The van der Waals surface area contributed by atoms with Crippen LogP contribution in [0.2, 0.25) is 0 Å². The van der Waals surface area contributed by atoms with Crippen LogP contribution in [-0.2, 0) is 0 Å². The highest BCUT2D eigenvalue weighted by Crippen LogP contribution is 2.20. The lowest BCUT2D eigenvalue weighted by atomic mass is 10.1. The van der Waals surface area contributed by atoms with Crippen molar-refractivity contribution < 1.29 is 4.79 Å². The Hall–Kier alpha value is -2.43. The topological polar surface area (TPSA) is 66.9 Å². The minimum absolute atomic E-state index is 0.236. The Labute approximate surface area is 149 Å². The number of aromatic nitrogens is 2. The van der Waals surface area contributed by atoms with Gasteiger partial charge in [0.2, 0.25) is 0 Å². The second-order valence-electron chi connectivity index (χ2n) is 6.89. The quantitative estimate of drug-likeness (QED) is 0.807. The number of hydrogen-bond donors (Lipinski definition) is 2. The van der Waals surface area contributed by atoms with E-state index in [1.54, 1.807) is 6.20 Å². The molecule has 2 N–H and O–H groups in total. The lowest BCUT2D eigenvalue weighted by Crippen LogP contribution is -2.20. The fraction of sp³-hybridized carbons (Fsp3) is 0.450. The number of benzene rings is 1. The molecule has 132 valence electrons. The molecule has 3 rings (SSSR count). The molecular formula is C20H26N4O. The van der Waals surface area contributed by atoms with E-state index in [1.807, 2.05) is 32.0 Å². The van der Waals surface area contributed by atoms with Crippen molar-refractivity contribution in [1.29, 1.82) is 0 Å². The third-order valence-electron chi connectivity index (χ3n) is 4.72. The predicted molar refractivity (Wildman–Crippen MR) is 101 cm³/mol. The molecule has 25 heavy (non-hydrogen) atoms. The summed E-state index contributed by atoms with van der Waals surface area (Å²) in [5, 5.41) is 6.35. The Morgan fingerprint density at radius 3 is 2.44 bits per heavy atom. The van der Waals surface area contributed by atoms with Gasteiger partial charge in [0.1, 0.15) is 11.5 Å². The number of carbonyl (C=O) groups excluding carboxylic acids is 1. The Morgan fingerprint density at radius 1 is 1.04 bits per heavy atom. The van der Waals surface area contributed by atoms with E-state index in [2.05, 4.69) is 20.6 Å². The maximum Gasteiger partial charge on any atom is 0.275 e. The van der Waals surface area contributed by atoms with Crippen LogP contribution in [0, 0.1) is 13.8 Å².